The zero-order valence-corrected chi connectivity index (χ0v) is 10.6. The van der Waals surface area contributed by atoms with E-state index in [1.807, 2.05) is 0 Å². The molecule has 0 spiro atoms. The van der Waals surface area contributed by atoms with E-state index in [-0.39, 0.29) is 0 Å². The van der Waals surface area contributed by atoms with Crippen LogP contribution in [0.25, 0.3) is 0 Å². The third kappa shape index (κ3) is 8.52. The summed E-state index contributed by atoms with van der Waals surface area (Å²) in [5.41, 5.74) is 0. The van der Waals surface area contributed by atoms with Crippen molar-refractivity contribution >= 4 is 0 Å². The second-order valence-corrected chi connectivity index (χ2v) is 5.00. The highest BCUT2D eigenvalue weighted by atomic mass is 15.0. The first-order valence-electron chi connectivity index (χ1n) is 5.94. The fraction of sp³-hybridized carbons (Fsp3) is 1.00. The zero-order valence-electron chi connectivity index (χ0n) is 10.6. The summed E-state index contributed by atoms with van der Waals surface area (Å²) in [6.45, 7) is 11.3. The molecule has 0 unspecified atom stereocenters. The van der Waals surface area contributed by atoms with Gasteiger partial charge in [0.05, 0.1) is 0 Å². The molecule has 2 N–H and O–H groups in total. The average Bonchev–Trinajstić information content (AvgIpc) is 2.09. The molecule has 0 saturated heterocycles. The maximum absolute atomic E-state index is 3.51. The Bertz CT molecular complexity index is 121. The molecule has 0 aromatic heterocycles. The van der Waals surface area contributed by atoms with Crippen LogP contribution in [0.5, 0.6) is 0 Å². The molecular weight excluding hydrogens is 172 g/mol. The van der Waals surface area contributed by atoms with Gasteiger partial charge in [0.25, 0.3) is 0 Å². The lowest BCUT2D eigenvalue weighted by molar-refractivity contribution is 0.412. The highest BCUT2D eigenvalue weighted by Gasteiger charge is 2.07. The molecule has 0 saturated carbocycles. The van der Waals surface area contributed by atoms with Crippen molar-refractivity contribution in [3.8, 4) is 0 Å². The van der Waals surface area contributed by atoms with E-state index >= 15 is 0 Å². The lowest BCUT2D eigenvalue weighted by Gasteiger charge is -2.19. The number of rotatable bonds is 8. The minimum Gasteiger partial charge on any atom is -0.316 e. The second kappa shape index (κ2) is 8.25. The molecule has 0 amide bonds. The van der Waals surface area contributed by atoms with Gasteiger partial charge >= 0.3 is 0 Å². The minimum atomic E-state index is 0.627. The van der Waals surface area contributed by atoms with Crippen molar-refractivity contribution in [3.05, 3.63) is 0 Å². The predicted molar refractivity (Wildman–Crippen MR) is 64.6 cm³/mol. The lowest BCUT2D eigenvalue weighted by atomic mass is 10.0. The van der Waals surface area contributed by atoms with Crippen molar-refractivity contribution < 1.29 is 0 Å². The summed E-state index contributed by atoms with van der Waals surface area (Å²) in [6.07, 6.45) is 2.53. The standard InChI is InChI=1S/C12H28N2/c1-10(2)6-7-14-9-12(13-5)8-11(3)4/h10-14H,6-9H2,1-5H3/t12-/m0/s1. The number of nitrogens with one attached hydrogen (secondary N) is 2. The Labute approximate surface area is 89.9 Å². The zero-order chi connectivity index (χ0) is 11.0. The highest BCUT2D eigenvalue weighted by Crippen LogP contribution is 2.03. The maximum Gasteiger partial charge on any atom is 0.0191 e. The van der Waals surface area contributed by atoms with Crippen LogP contribution in [0.1, 0.15) is 40.5 Å². The molecule has 0 radical (unpaired) electrons. The van der Waals surface area contributed by atoms with Crippen molar-refractivity contribution in [2.24, 2.45) is 11.8 Å². The van der Waals surface area contributed by atoms with Crippen LogP contribution in [0.3, 0.4) is 0 Å². The van der Waals surface area contributed by atoms with Crippen LogP contribution in [0.4, 0.5) is 0 Å². The first-order chi connectivity index (χ1) is 6.56. The molecule has 0 aromatic carbocycles. The van der Waals surface area contributed by atoms with Crippen LogP contribution in [0.2, 0.25) is 0 Å². The van der Waals surface area contributed by atoms with E-state index in [0.29, 0.717) is 6.04 Å². The molecule has 0 rings (SSSR count). The molecule has 0 aliphatic rings. The van der Waals surface area contributed by atoms with E-state index in [9.17, 15) is 0 Å². The predicted octanol–water partition coefficient (Wildman–Crippen LogP) is 2.26. The lowest BCUT2D eigenvalue weighted by Crippen LogP contribution is -2.38. The van der Waals surface area contributed by atoms with Crippen molar-refractivity contribution in [3.63, 3.8) is 0 Å². The van der Waals surface area contributed by atoms with E-state index in [2.05, 4.69) is 45.4 Å². The van der Waals surface area contributed by atoms with Crippen LogP contribution in [-0.4, -0.2) is 26.2 Å². The summed E-state index contributed by atoms with van der Waals surface area (Å²) in [7, 11) is 2.05. The normalized spacial score (nSPS) is 13.9. The van der Waals surface area contributed by atoms with Gasteiger partial charge in [0.1, 0.15) is 0 Å². The summed E-state index contributed by atoms with van der Waals surface area (Å²) < 4.78 is 0. The fourth-order valence-electron chi connectivity index (χ4n) is 1.54. The Kier molecular flexibility index (Phi) is 8.20. The number of hydrogen-bond acceptors (Lipinski definition) is 2. The van der Waals surface area contributed by atoms with Gasteiger partial charge in [-0.15, -0.1) is 0 Å². The molecule has 86 valence electrons. The molecule has 2 nitrogen and oxygen atoms in total. The van der Waals surface area contributed by atoms with Gasteiger partial charge in [0.15, 0.2) is 0 Å². The Morgan fingerprint density at radius 1 is 1.00 bits per heavy atom. The SMILES string of the molecule is CN[C@H](CNCCC(C)C)CC(C)C. The maximum atomic E-state index is 3.51. The molecule has 0 heterocycles. The third-order valence-corrected chi connectivity index (χ3v) is 2.45. The molecule has 2 heteroatoms. The van der Waals surface area contributed by atoms with E-state index in [1.54, 1.807) is 0 Å². The van der Waals surface area contributed by atoms with Gasteiger partial charge in [-0.05, 0) is 38.3 Å². The summed E-state index contributed by atoms with van der Waals surface area (Å²) in [5, 5.41) is 6.87. The topological polar surface area (TPSA) is 24.1 Å². The molecule has 0 aromatic rings. The Morgan fingerprint density at radius 3 is 2.07 bits per heavy atom. The first kappa shape index (κ1) is 13.9. The van der Waals surface area contributed by atoms with Crippen molar-refractivity contribution in [2.75, 3.05) is 20.1 Å². The summed E-state index contributed by atoms with van der Waals surface area (Å²) in [5.74, 6) is 1.58. The van der Waals surface area contributed by atoms with Gasteiger partial charge in [0, 0.05) is 12.6 Å². The number of likely N-dealkylation sites (N-methyl/N-ethyl adjacent to an activating group) is 1. The smallest absolute Gasteiger partial charge is 0.0191 e. The summed E-state index contributed by atoms with van der Waals surface area (Å²) in [4.78, 5) is 0. The Hall–Kier alpha value is -0.0800. The molecule has 0 aliphatic carbocycles. The van der Waals surface area contributed by atoms with Gasteiger partial charge in [-0.3, -0.25) is 0 Å². The van der Waals surface area contributed by atoms with Crippen molar-refractivity contribution in [1.29, 1.82) is 0 Å². The average molecular weight is 200 g/mol. The largest absolute Gasteiger partial charge is 0.316 e. The van der Waals surface area contributed by atoms with Crippen molar-refractivity contribution in [2.45, 2.75) is 46.6 Å². The Balaban J connectivity index is 3.43. The highest BCUT2D eigenvalue weighted by molar-refractivity contribution is 4.69. The molecule has 0 fully saturated rings. The first-order valence-corrected chi connectivity index (χ1v) is 5.94. The van der Waals surface area contributed by atoms with Crippen LogP contribution in [0, 0.1) is 11.8 Å². The summed E-state index contributed by atoms with van der Waals surface area (Å²) in [6, 6.07) is 0.627. The van der Waals surface area contributed by atoms with E-state index in [0.717, 1.165) is 24.9 Å². The van der Waals surface area contributed by atoms with Crippen LogP contribution < -0.4 is 10.6 Å². The van der Waals surface area contributed by atoms with E-state index in [1.165, 1.54) is 12.8 Å². The van der Waals surface area contributed by atoms with Gasteiger partial charge in [-0.2, -0.15) is 0 Å². The molecule has 0 aliphatic heterocycles. The van der Waals surface area contributed by atoms with Crippen LogP contribution >= 0.6 is 0 Å². The summed E-state index contributed by atoms with van der Waals surface area (Å²) >= 11 is 0. The fourth-order valence-corrected chi connectivity index (χ4v) is 1.54. The van der Waals surface area contributed by atoms with Gasteiger partial charge < -0.3 is 10.6 Å². The molecule has 0 bridgehead atoms. The third-order valence-electron chi connectivity index (χ3n) is 2.45. The van der Waals surface area contributed by atoms with E-state index in [4.69, 9.17) is 0 Å². The molecule has 1 atom stereocenters. The monoisotopic (exact) mass is 200 g/mol. The second-order valence-electron chi connectivity index (χ2n) is 5.00. The molecule has 14 heavy (non-hydrogen) atoms. The number of hydrogen-bond donors (Lipinski definition) is 2. The van der Waals surface area contributed by atoms with Gasteiger partial charge in [0.2, 0.25) is 0 Å². The van der Waals surface area contributed by atoms with Crippen LogP contribution in [-0.2, 0) is 0 Å². The van der Waals surface area contributed by atoms with Gasteiger partial charge in [-0.1, -0.05) is 27.7 Å². The van der Waals surface area contributed by atoms with Crippen LogP contribution in [0.15, 0.2) is 0 Å². The Morgan fingerprint density at radius 2 is 1.64 bits per heavy atom. The van der Waals surface area contributed by atoms with Gasteiger partial charge in [-0.25, -0.2) is 0 Å². The molecular formula is C12H28N2. The minimum absolute atomic E-state index is 0.627. The quantitative estimate of drug-likeness (QED) is 0.587. The van der Waals surface area contributed by atoms with E-state index < -0.39 is 0 Å². The van der Waals surface area contributed by atoms with Crippen molar-refractivity contribution in [1.82, 2.24) is 10.6 Å².